The van der Waals surface area contributed by atoms with Crippen LogP contribution in [0.2, 0.25) is 0 Å². The van der Waals surface area contributed by atoms with Crippen LogP contribution >= 0.6 is 15.9 Å². The minimum Gasteiger partial charge on any atom is -0.300 e. The Bertz CT molecular complexity index is 352. The topological polar surface area (TPSA) is 17.1 Å². The molecule has 3 heteroatoms. The van der Waals surface area contributed by atoms with E-state index < -0.39 is 0 Å². The Morgan fingerprint density at radius 3 is 2.29 bits per heavy atom. The number of halogens is 2. The van der Waals surface area contributed by atoms with E-state index in [1.54, 1.807) is 6.07 Å². The maximum Gasteiger partial charge on any atom is 0.137 e. The number of fused-ring (bicyclic) bond motifs is 1. The molecule has 0 radical (unpaired) electrons. The summed E-state index contributed by atoms with van der Waals surface area (Å²) in [6.45, 7) is 0. The lowest BCUT2D eigenvalue weighted by Gasteiger charge is -2.05. The highest BCUT2D eigenvalue weighted by Crippen LogP contribution is 2.25. The van der Waals surface area contributed by atoms with Crippen molar-refractivity contribution in [2.24, 2.45) is 0 Å². The first-order valence-electron chi connectivity index (χ1n) is 4.65. The summed E-state index contributed by atoms with van der Waals surface area (Å²) in [5, 5.41) is 0. The summed E-state index contributed by atoms with van der Waals surface area (Å²) in [5.41, 5.74) is 2.08. The second kappa shape index (κ2) is 3.81. The van der Waals surface area contributed by atoms with Crippen molar-refractivity contribution in [3.63, 3.8) is 0 Å². The molecular weight excluding hydrogens is 247 g/mol. The van der Waals surface area contributed by atoms with Crippen LogP contribution in [0, 0.1) is 5.82 Å². The van der Waals surface area contributed by atoms with E-state index in [0.717, 1.165) is 17.5 Å². The standard InChI is InChI=1S/C11H10BrFO/c12-10-5-7-1-3-9(14)4-2-8(7)6-11(10)13/h5-6H,1-4H2. The molecule has 14 heavy (non-hydrogen) atoms. The smallest absolute Gasteiger partial charge is 0.137 e. The number of hydrogen-bond donors (Lipinski definition) is 0. The van der Waals surface area contributed by atoms with Crippen LogP contribution in [0.1, 0.15) is 24.0 Å². The summed E-state index contributed by atoms with van der Waals surface area (Å²) < 4.78 is 13.7. The summed E-state index contributed by atoms with van der Waals surface area (Å²) in [6.07, 6.45) is 2.56. The van der Waals surface area contributed by atoms with Crippen LogP contribution in [-0.4, -0.2) is 5.78 Å². The fourth-order valence-electron chi connectivity index (χ4n) is 1.77. The van der Waals surface area contributed by atoms with Gasteiger partial charge in [0.25, 0.3) is 0 Å². The molecule has 1 aromatic carbocycles. The number of hydrogen-bond acceptors (Lipinski definition) is 1. The van der Waals surface area contributed by atoms with E-state index >= 15 is 0 Å². The zero-order valence-corrected chi connectivity index (χ0v) is 9.23. The van der Waals surface area contributed by atoms with Crippen molar-refractivity contribution in [2.45, 2.75) is 25.7 Å². The molecule has 0 saturated heterocycles. The van der Waals surface area contributed by atoms with Gasteiger partial charge in [0.15, 0.2) is 0 Å². The second-order valence-electron chi connectivity index (χ2n) is 3.57. The third-order valence-electron chi connectivity index (χ3n) is 2.59. The number of rotatable bonds is 0. The molecule has 0 spiro atoms. The molecule has 0 N–H and O–H groups in total. The number of benzene rings is 1. The molecule has 1 aromatic rings. The van der Waals surface area contributed by atoms with Crippen molar-refractivity contribution < 1.29 is 9.18 Å². The predicted molar refractivity (Wildman–Crippen MR) is 55.7 cm³/mol. The Kier molecular flexibility index (Phi) is 2.68. The summed E-state index contributed by atoms with van der Waals surface area (Å²) in [7, 11) is 0. The highest BCUT2D eigenvalue weighted by atomic mass is 79.9. The van der Waals surface area contributed by atoms with Gasteiger partial charge >= 0.3 is 0 Å². The first-order valence-corrected chi connectivity index (χ1v) is 5.44. The summed E-state index contributed by atoms with van der Waals surface area (Å²) in [4.78, 5) is 11.2. The monoisotopic (exact) mass is 256 g/mol. The first kappa shape index (κ1) is 9.84. The van der Waals surface area contributed by atoms with Crippen LogP contribution in [0.4, 0.5) is 4.39 Å². The van der Waals surface area contributed by atoms with E-state index in [-0.39, 0.29) is 11.6 Å². The van der Waals surface area contributed by atoms with E-state index in [1.165, 1.54) is 6.07 Å². The molecule has 0 aromatic heterocycles. The maximum absolute atomic E-state index is 13.2. The third kappa shape index (κ3) is 1.87. The zero-order valence-electron chi connectivity index (χ0n) is 7.65. The number of Topliss-reactive ketones (excluding diaryl/α,β-unsaturated/α-hetero) is 1. The van der Waals surface area contributed by atoms with Gasteiger partial charge in [-0.25, -0.2) is 4.39 Å². The van der Waals surface area contributed by atoms with E-state index in [0.29, 0.717) is 23.7 Å². The molecule has 0 aliphatic heterocycles. The highest BCUT2D eigenvalue weighted by Gasteiger charge is 2.15. The van der Waals surface area contributed by atoms with Gasteiger partial charge in [-0.15, -0.1) is 0 Å². The van der Waals surface area contributed by atoms with Crippen molar-refractivity contribution in [1.82, 2.24) is 0 Å². The normalized spacial score (nSPS) is 16.3. The molecule has 0 bridgehead atoms. The lowest BCUT2D eigenvalue weighted by Crippen LogP contribution is -1.95. The number of carbonyl (C=O) groups excluding carboxylic acids is 1. The summed E-state index contributed by atoms with van der Waals surface area (Å²) in [6, 6.07) is 3.33. The Labute approximate surface area is 90.4 Å². The van der Waals surface area contributed by atoms with Gasteiger partial charge < -0.3 is 0 Å². The van der Waals surface area contributed by atoms with Gasteiger partial charge in [0.05, 0.1) is 4.47 Å². The number of ketones is 1. The Balaban J connectivity index is 2.41. The van der Waals surface area contributed by atoms with Gasteiger partial charge in [0.1, 0.15) is 11.6 Å². The first-order chi connectivity index (χ1) is 6.66. The molecule has 0 saturated carbocycles. The largest absolute Gasteiger partial charge is 0.300 e. The SMILES string of the molecule is O=C1CCc2cc(F)c(Br)cc2CC1. The quantitative estimate of drug-likeness (QED) is 0.653. The fraction of sp³-hybridized carbons (Fsp3) is 0.364. The Hall–Kier alpha value is -0.700. The minimum atomic E-state index is -0.238. The van der Waals surface area contributed by atoms with Gasteiger partial charge in [0, 0.05) is 12.8 Å². The molecule has 2 rings (SSSR count). The number of aryl methyl sites for hydroxylation is 2. The van der Waals surface area contributed by atoms with Crippen molar-refractivity contribution in [2.75, 3.05) is 0 Å². The maximum atomic E-state index is 13.2. The lowest BCUT2D eigenvalue weighted by molar-refractivity contribution is -0.118. The summed E-state index contributed by atoms with van der Waals surface area (Å²) >= 11 is 3.15. The van der Waals surface area contributed by atoms with Gasteiger partial charge in [-0.1, -0.05) is 0 Å². The average Bonchev–Trinajstić information content (AvgIpc) is 2.31. The molecule has 1 aliphatic rings. The van der Waals surface area contributed by atoms with E-state index in [4.69, 9.17) is 0 Å². The third-order valence-corrected chi connectivity index (χ3v) is 3.20. The molecule has 74 valence electrons. The van der Waals surface area contributed by atoms with Crippen molar-refractivity contribution >= 4 is 21.7 Å². The molecule has 1 nitrogen and oxygen atoms in total. The second-order valence-corrected chi connectivity index (χ2v) is 4.43. The van der Waals surface area contributed by atoms with E-state index in [1.807, 2.05) is 0 Å². The van der Waals surface area contributed by atoms with Crippen LogP contribution in [0.3, 0.4) is 0 Å². The average molecular weight is 257 g/mol. The molecule has 0 fully saturated rings. The van der Waals surface area contributed by atoms with Gasteiger partial charge in [-0.2, -0.15) is 0 Å². The van der Waals surface area contributed by atoms with Gasteiger partial charge in [-0.3, -0.25) is 4.79 Å². The van der Waals surface area contributed by atoms with Crippen molar-refractivity contribution in [3.05, 3.63) is 33.5 Å². The molecule has 0 unspecified atom stereocenters. The van der Waals surface area contributed by atoms with Gasteiger partial charge in [-0.05, 0) is 52.0 Å². The molecule has 0 amide bonds. The molecule has 1 aliphatic carbocycles. The van der Waals surface area contributed by atoms with Crippen molar-refractivity contribution in [1.29, 1.82) is 0 Å². The number of carbonyl (C=O) groups is 1. The lowest BCUT2D eigenvalue weighted by atomic mass is 10.0. The predicted octanol–water partition coefficient (Wildman–Crippen LogP) is 3.04. The van der Waals surface area contributed by atoms with E-state index in [9.17, 15) is 9.18 Å². The zero-order chi connectivity index (χ0) is 10.1. The highest BCUT2D eigenvalue weighted by molar-refractivity contribution is 9.10. The van der Waals surface area contributed by atoms with Crippen molar-refractivity contribution in [3.8, 4) is 0 Å². The Morgan fingerprint density at radius 1 is 1.07 bits per heavy atom. The van der Waals surface area contributed by atoms with Gasteiger partial charge in [0.2, 0.25) is 0 Å². The van der Waals surface area contributed by atoms with Crippen LogP contribution in [0.5, 0.6) is 0 Å². The van der Waals surface area contributed by atoms with Crippen LogP contribution in [-0.2, 0) is 17.6 Å². The molecule has 0 atom stereocenters. The Morgan fingerprint density at radius 2 is 1.64 bits per heavy atom. The summed E-state index contributed by atoms with van der Waals surface area (Å²) in [5.74, 6) is 0.0378. The molecule has 0 heterocycles. The molecular formula is C11H10BrFO. The fourth-order valence-corrected chi connectivity index (χ4v) is 2.16. The van der Waals surface area contributed by atoms with Crippen LogP contribution < -0.4 is 0 Å². The van der Waals surface area contributed by atoms with Crippen LogP contribution in [0.25, 0.3) is 0 Å². The minimum absolute atomic E-state index is 0.238. The van der Waals surface area contributed by atoms with E-state index in [2.05, 4.69) is 15.9 Å². The van der Waals surface area contributed by atoms with Crippen LogP contribution in [0.15, 0.2) is 16.6 Å².